The lowest BCUT2D eigenvalue weighted by Gasteiger charge is -2.41. The second-order valence-electron chi connectivity index (χ2n) is 5.79. The van der Waals surface area contributed by atoms with Gasteiger partial charge in [0.2, 0.25) is 0 Å². The van der Waals surface area contributed by atoms with Gasteiger partial charge in [-0.2, -0.15) is 0 Å². The van der Waals surface area contributed by atoms with E-state index >= 15 is 0 Å². The molecule has 2 nitrogen and oxygen atoms in total. The van der Waals surface area contributed by atoms with E-state index in [1.165, 1.54) is 19.3 Å². The Morgan fingerprint density at radius 1 is 1.25 bits per heavy atom. The molecule has 4 heteroatoms. The summed E-state index contributed by atoms with van der Waals surface area (Å²) < 4.78 is 0. The fourth-order valence-electron chi connectivity index (χ4n) is 3.02. The smallest absolute Gasteiger partial charge is 0.0477 e. The minimum absolute atomic E-state index is 0.239. The van der Waals surface area contributed by atoms with Crippen LogP contribution in [-0.4, -0.2) is 17.1 Å². The van der Waals surface area contributed by atoms with Gasteiger partial charge in [0.05, 0.1) is 0 Å². The molecule has 1 saturated heterocycles. The van der Waals surface area contributed by atoms with E-state index < -0.39 is 0 Å². The van der Waals surface area contributed by atoms with E-state index in [0.717, 1.165) is 17.0 Å². The van der Waals surface area contributed by atoms with Gasteiger partial charge in [-0.05, 0) is 50.8 Å². The molecule has 3 unspecified atom stereocenters. The maximum Gasteiger partial charge on any atom is 0.0477 e. The number of piperidine rings is 1. The first-order valence-electron chi connectivity index (χ1n) is 7.52. The summed E-state index contributed by atoms with van der Waals surface area (Å²) in [6.45, 7) is 6.76. The van der Waals surface area contributed by atoms with Gasteiger partial charge in [0.1, 0.15) is 0 Å². The van der Waals surface area contributed by atoms with Crippen molar-refractivity contribution in [3.05, 3.63) is 33.8 Å². The van der Waals surface area contributed by atoms with Crippen molar-refractivity contribution in [3.8, 4) is 0 Å². The van der Waals surface area contributed by atoms with Crippen molar-refractivity contribution in [2.45, 2.75) is 64.6 Å². The lowest BCUT2D eigenvalue weighted by Crippen LogP contribution is -2.53. The van der Waals surface area contributed by atoms with Crippen LogP contribution in [0.4, 0.5) is 0 Å². The zero-order chi connectivity index (χ0) is 14.7. The molecule has 0 radical (unpaired) electrons. The highest BCUT2D eigenvalue weighted by molar-refractivity contribution is 6.35. The quantitative estimate of drug-likeness (QED) is 0.820. The summed E-state index contributed by atoms with van der Waals surface area (Å²) in [5.41, 5.74) is 4.82. The number of hydrazine groups is 1. The topological polar surface area (TPSA) is 15.3 Å². The summed E-state index contributed by atoms with van der Waals surface area (Å²) in [5.74, 6) is 0. The van der Waals surface area contributed by atoms with Gasteiger partial charge in [0, 0.05) is 28.2 Å². The molecule has 112 valence electrons. The number of hydrogen-bond acceptors (Lipinski definition) is 2. The average molecular weight is 315 g/mol. The predicted octanol–water partition coefficient (Wildman–Crippen LogP) is 5.21. The van der Waals surface area contributed by atoms with Crippen LogP contribution < -0.4 is 5.43 Å². The van der Waals surface area contributed by atoms with E-state index in [2.05, 4.69) is 31.2 Å². The molecule has 1 heterocycles. The summed E-state index contributed by atoms with van der Waals surface area (Å²) in [6, 6.07) is 7.15. The van der Waals surface area contributed by atoms with Gasteiger partial charge >= 0.3 is 0 Å². The van der Waals surface area contributed by atoms with Gasteiger partial charge in [0.25, 0.3) is 0 Å². The Kier molecular flexibility index (Phi) is 5.74. The third kappa shape index (κ3) is 3.67. The van der Waals surface area contributed by atoms with Crippen molar-refractivity contribution in [2.24, 2.45) is 0 Å². The Bertz CT molecular complexity index is 440. The molecule has 0 spiro atoms. The number of benzene rings is 1. The van der Waals surface area contributed by atoms with Crippen molar-refractivity contribution in [3.63, 3.8) is 0 Å². The van der Waals surface area contributed by atoms with Crippen LogP contribution in [0.25, 0.3) is 0 Å². The second-order valence-corrected chi connectivity index (χ2v) is 6.64. The van der Waals surface area contributed by atoms with Gasteiger partial charge in [-0.1, -0.05) is 42.6 Å². The molecule has 1 N–H and O–H groups in total. The Hall–Kier alpha value is -0.280. The molecule has 1 aromatic carbocycles. The van der Waals surface area contributed by atoms with Crippen LogP contribution in [0.2, 0.25) is 10.0 Å². The molecule has 2 rings (SSSR count). The molecule has 0 amide bonds. The maximum absolute atomic E-state index is 6.35. The van der Waals surface area contributed by atoms with E-state index in [1.807, 2.05) is 18.2 Å². The van der Waals surface area contributed by atoms with Gasteiger partial charge in [-0.25, -0.2) is 10.4 Å². The molecule has 1 aliphatic rings. The van der Waals surface area contributed by atoms with E-state index in [-0.39, 0.29) is 6.04 Å². The third-order valence-electron chi connectivity index (χ3n) is 4.24. The first kappa shape index (κ1) is 16.1. The Labute approximate surface area is 132 Å². The van der Waals surface area contributed by atoms with Crippen molar-refractivity contribution in [1.82, 2.24) is 10.4 Å². The Morgan fingerprint density at radius 3 is 2.45 bits per heavy atom. The van der Waals surface area contributed by atoms with E-state index in [1.54, 1.807) is 0 Å². The molecule has 1 fully saturated rings. The summed E-state index contributed by atoms with van der Waals surface area (Å²) >= 11 is 12.3. The van der Waals surface area contributed by atoms with Crippen LogP contribution in [0.15, 0.2) is 18.2 Å². The number of halogens is 2. The van der Waals surface area contributed by atoms with Crippen molar-refractivity contribution < 1.29 is 0 Å². The Balaban J connectivity index is 2.15. The zero-order valence-corrected chi connectivity index (χ0v) is 14.0. The van der Waals surface area contributed by atoms with Crippen LogP contribution in [-0.2, 0) is 0 Å². The van der Waals surface area contributed by atoms with E-state index in [0.29, 0.717) is 17.1 Å². The first-order valence-corrected chi connectivity index (χ1v) is 8.28. The van der Waals surface area contributed by atoms with E-state index in [9.17, 15) is 0 Å². The van der Waals surface area contributed by atoms with Crippen molar-refractivity contribution >= 4 is 23.2 Å². The van der Waals surface area contributed by atoms with Crippen LogP contribution in [0.5, 0.6) is 0 Å². The van der Waals surface area contributed by atoms with Gasteiger partial charge in [-0.15, -0.1) is 0 Å². The number of nitrogens with zero attached hydrogens (tertiary/aromatic N) is 1. The summed E-state index contributed by atoms with van der Waals surface area (Å²) in [4.78, 5) is 0. The lowest BCUT2D eigenvalue weighted by molar-refractivity contribution is 0.0284. The molecular formula is C16H24Cl2N2. The Morgan fingerprint density at radius 2 is 1.90 bits per heavy atom. The molecular weight excluding hydrogens is 291 g/mol. The molecule has 1 aromatic rings. The number of hydrogen-bond donors (Lipinski definition) is 1. The average Bonchev–Trinajstić information content (AvgIpc) is 2.40. The number of nitrogens with one attached hydrogen (secondary N) is 1. The highest BCUT2D eigenvalue weighted by Crippen LogP contribution is 2.30. The van der Waals surface area contributed by atoms with Crippen molar-refractivity contribution in [1.29, 1.82) is 0 Å². The first-order chi connectivity index (χ1) is 9.52. The standard InChI is InChI=1S/C16H24Cl2N2/c1-4-16(14-9-8-13(17)10-15(14)18)19-20-11(2)6-5-7-12(20)3/h8-12,16,19H,4-7H2,1-3H3. The maximum atomic E-state index is 6.35. The van der Waals surface area contributed by atoms with Gasteiger partial charge in [0.15, 0.2) is 0 Å². The largest absolute Gasteiger partial charge is 0.247 e. The number of rotatable bonds is 4. The lowest BCUT2D eigenvalue weighted by atomic mass is 9.99. The van der Waals surface area contributed by atoms with Crippen LogP contribution >= 0.6 is 23.2 Å². The fourth-order valence-corrected chi connectivity index (χ4v) is 3.56. The van der Waals surface area contributed by atoms with Gasteiger partial charge in [-0.3, -0.25) is 0 Å². The van der Waals surface area contributed by atoms with Crippen LogP contribution in [0, 0.1) is 0 Å². The van der Waals surface area contributed by atoms with Crippen LogP contribution in [0.3, 0.4) is 0 Å². The fraction of sp³-hybridized carbons (Fsp3) is 0.625. The highest BCUT2D eigenvalue weighted by atomic mass is 35.5. The van der Waals surface area contributed by atoms with E-state index in [4.69, 9.17) is 23.2 Å². The molecule has 0 aliphatic carbocycles. The minimum Gasteiger partial charge on any atom is -0.247 e. The molecule has 1 aliphatic heterocycles. The second kappa shape index (κ2) is 7.13. The summed E-state index contributed by atoms with van der Waals surface area (Å²) in [5, 5.41) is 3.84. The molecule has 20 heavy (non-hydrogen) atoms. The normalized spacial score (nSPS) is 25.6. The monoisotopic (exact) mass is 314 g/mol. The third-order valence-corrected chi connectivity index (χ3v) is 4.81. The summed E-state index contributed by atoms with van der Waals surface area (Å²) in [7, 11) is 0. The highest BCUT2D eigenvalue weighted by Gasteiger charge is 2.27. The molecule has 0 aromatic heterocycles. The van der Waals surface area contributed by atoms with Crippen LogP contribution in [0.1, 0.15) is 58.1 Å². The van der Waals surface area contributed by atoms with Gasteiger partial charge < -0.3 is 0 Å². The molecule has 3 atom stereocenters. The molecule has 0 saturated carbocycles. The SMILES string of the molecule is CCC(NN1C(C)CCCC1C)c1ccc(Cl)cc1Cl. The summed E-state index contributed by atoms with van der Waals surface area (Å²) in [6.07, 6.45) is 4.82. The predicted molar refractivity (Wildman–Crippen MR) is 87.2 cm³/mol. The zero-order valence-electron chi connectivity index (χ0n) is 12.5. The molecule has 0 bridgehead atoms. The van der Waals surface area contributed by atoms with Crippen molar-refractivity contribution in [2.75, 3.05) is 0 Å². The minimum atomic E-state index is 0.239.